The molecule has 0 aromatic carbocycles. The van der Waals surface area contributed by atoms with Crippen molar-refractivity contribution < 1.29 is 4.79 Å². The van der Waals surface area contributed by atoms with E-state index in [9.17, 15) is 4.79 Å². The number of amides is 1. The zero-order valence-electron chi connectivity index (χ0n) is 9.58. The van der Waals surface area contributed by atoms with Crippen LogP contribution in [0.25, 0.3) is 0 Å². The summed E-state index contributed by atoms with van der Waals surface area (Å²) in [6, 6.07) is 0. The molecule has 0 radical (unpaired) electrons. The summed E-state index contributed by atoms with van der Waals surface area (Å²) in [5.41, 5.74) is 1.79. The molecule has 1 aliphatic heterocycles. The van der Waals surface area contributed by atoms with Crippen LogP contribution in [0.15, 0.2) is 36.2 Å². The number of hydrogen-bond acceptors (Lipinski definition) is 2. The Hall–Kier alpha value is -1.51. The number of allylic oxidation sites excluding steroid dienone is 3. The second-order valence-corrected chi connectivity index (χ2v) is 3.68. The molecule has 0 aromatic rings. The Balaban J connectivity index is 3.14. The molecule has 1 heterocycles. The van der Waals surface area contributed by atoms with Crippen LogP contribution in [0.3, 0.4) is 0 Å². The molecule has 15 heavy (non-hydrogen) atoms. The molecular formula is C12H18N2O. The SMILES string of the molecule is C=CC1=C(/C=C\C)N(C)C(=O)C(C)CN1. The van der Waals surface area contributed by atoms with Gasteiger partial charge in [-0.2, -0.15) is 0 Å². The Kier molecular flexibility index (Phi) is 3.72. The molecule has 3 nitrogen and oxygen atoms in total. The molecule has 0 aliphatic carbocycles. The molecule has 1 amide bonds. The van der Waals surface area contributed by atoms with Crippen LogP contribution >= 0.6 is 0 Å². The third-order valence-corrected chi connectivity index (χ3v) is 2.52. The summed E-state index contributed by atoms with van der Waals surface area (Å²) in [6.45, 7) is 8.26. The highest BCUT2D eigenvalue weighted by Gasteiger charge is 2.24. The van der Waals surface area contributed by atoms with Gasteiger partial charge in [0.1, 0.15) is 0 Å². The number of nitrogens with one attached hydrogen (secondary N) is 1. The maximum atomic E-state index is 11.9. The molecule has 82 valence electrons. The van der Waals surface area contributed by atoms with Crippen LogP contribution in [0, 0.1) is 5.92 Å². The van der Waals surface area contributed by atoms with Crippen LogP contribution in [0.5, 0.6) is 0 Å². The van der Waals surface area contributed by atoms with Gasteiger partial charge < -0.3 is 10.2 Å². The lowest BCUT2D eigenvalue weighted by Crippen LogP contribution is -2.31. The number of nitrogens with zero attached hydrogens (tertiary/aromatic N) is 1. The smallest absolute Gasteiger partial charge is 0.231 e. The molecule has 1 N–H and O–H groups in total. The highest BCUT2D eigenvalue weighted by Crippen LogP contribution is 2.17. The monoisotopic (exact) mass is 206 g/mol. The lowest BCUT2D eigenvalue weighted by Gasteiger charge is -2.19. The second kappa shape index (κ2) is 4.82. The summed E-state index contributed by atoms with van der Waals surface area (Å²) < 4.78 is 0. The van der Waals surface area contributed by atoms with Crippen molar-refractivity contribution in [3.05, 3.63) is 36.2 Å². The maximum Gasteiger partial charge on any atom is 0.231 e. The van der Waals surface area contributed by atoms with Crippen molar-refractivity contribution in [2.24, 2.45) is 5.92 Å². The van der Waals surface area contributed by atoms with Crippen molar-refractivity contribution in [3.8, 4) is 0 Å². The van der Waals surface area contributed by atoms with Crippen LogP contribution in [0.1, 0.15) is 13.8 Å². The van der Waals surface area contributed by atoms with Crippen LogP contribution in [-0.4, -0.2) is 24.4 Å². The molecule has 1 unspecified atom stereocenters. The second-order valence-electron chi connectivity index (χ2n) is 3.68. The molecule has 1 rings (SSSR count). The third kappa shape index (κ3) is 2.29. The minimum absolute atomic E-state index is 0.00675. The van der Waals surface area contributed by atoms with E-state index in [4.69, 9.17) is 0 Å². The van der Waals surface area contributed by atoms with Crippen LogP contribution in [-0.2, 0) is 4.79 Å². The molecule has 0 aromatic heterocycles. The van der Waals surface area contributed by atoms with Crippen molar-refractivity contribution in [1.29, 1.82) is 0 Å². The van der Waals surface area contributed by atoms with E-state index in [1.807, 2.05) is 26.0 Å². The van der Waals surface area contributed by atoms with Gasteiger partial charge in [-0.1, -0.05) is 19.6 Å². The van der Waals surface area contributed by atoms with Crippen molar-refractivity contribution in [2.45, 2.75) is 13.8 Å². The maximum absolute atomic E-state index is 11.9. The predicted molar refractivity (Wildman–Crippen MR) is 62.0 cm³/mol. The standard InChI is InChI=1S/C12H18N2O/c1-5-7-11-10(6-2)13-8-9(3)12(15)14(11)4/h5-7,9,13H,2,8H2,1,3-4H3/b7-5-. The Labute approximate surface area is 91.2 Å². The molecule has 1 aliphatic rings. The largest absolute Gasteiger partial charge is 0.383 e. The Morgan fingerprint density at radius 2 is 2.27 bits per heavy atom. The molecule has 0 bridgehead atoms. The predicted octanol–water partition coefficient (Wildman–Crippen LogP) is 1.66. The highest BCUT2D eigenvalue weighted by atomic mass is 16.2. The van der Waals surface area contributed by atoms with E-state index in [1.54, 1.807) is 18.0 Å². The summed E-state index contributed by atoms with van der Waals surface area (Å²) in [5.74, 6) is 0.125. The van der Waals surface area contributed by atoms with Gasteiger partial charge in [-0.3, -0.25) is 4.79 Å². The highest BCUT2D eigenvalue weighted by molar-refractivity contribution is 5.81. The quantitative estimate of drug-likeness (QED) is 0.745. The average Bonchev–Trinajstić information content (AvgIpc) is 2.33. The normalized spacial score (nSPS) is 23.0. The van der Waals surface area contributed by atoms with Gasteiger partial charge in [0, 0.05) is 13.6 Å². The first kappa shape index (κ1) is 11.6. The van der Waals surface area contributed by atoms with Gasteiger partial charge in [0.05, 0.1) is 17.3 Å². The molecule has 0 saturated heterocycles. The Morgan fingerprint density at radius 3 is 2.80 bits per heavy atom. The van der Waals surface area contributed by atoms with Gasteiger partial charge in [0.2, 0.25) is 5.91 Å². The van der Waals surface area contributed by atoms with Crippen molar-refractivity contribution >= 4 is 5.91 Å². The number of rotatable bonds is 2. The van der Waals surface area contributed by atoms with Crippen molar-refractivity contribution in [3.63, 3.8) is 0 Å². The van der Waals surface area contributed by atoms with E-state index >= 15 is 0 Å². The first-order chi connectivity index (χ1) is 7.11. The number of carbonyl (C=O) groups is 1. The minimum atomic E-state index is -0.00675. The third-order valence-electron chi connectivity index (χ3n) is 2.52. The van der Waals surface area contributed by atoms with Gasteiger partial charge in [0.15, 0.2) is 0 Å². The lowest BCUT2D eigenvalue weighted by molar-refractivity contribution is -0.131. The van der Waals surface area contributed by atoms with Gasteiger partial charge in [-0.15, -0.1) is 0 Å². The minimum Gasteiger partial charge on any atom is -0.383 e. The van der Waals surface area contributed by atoms with Gasteiger partial charge in [-0.05, 0) is 19.1 Å². The lowest BCUT2D eigenvalue weighted by atomic mass is 10.1. The number of hydrogen-bond donors (Lipinski definition) is 1. The first-order valence-electron chi connectivity index (χ1n) is 5.12. The summed E-state index contributed by atoms with van der Waals surface area (Å²) in [7, 11) is 1.80. The fraction of sp³-hybridized carbons (Fsp3) is 0.417. The van der Waals surface area contributed by atoms with Crippen molar-refractivity contribution in [2.75, 3.05) is 13.6 Å². The molecule has 3 heteroatoms. The topological polar surface area (TPSA) is 32.3 Å². The van der Waals surface area contributed by atoms with E-state index in [0.29, 0.717) is 6.54 Å². The summed E-state index contributed by atoms with van der Waals surface area (Å²) in [5, 5.41) is 3.22. The number of likely N-dealkylation sites (N-methyl/N-ethyl adjacent to an activating group) is 1. The van der Waals surface area contributed by atoms with E-state index in [1.165, 1.54) is 0 Å². The Morgan fingerprint density at radius 1 is 1.60 bits per heavy atom. The van der Waals surface area contributed by atoms with E-state index in [2.05, 4.69) is 11.9 Å². The Bertz CT molecular complexity index is 329. The molecule has 0 saturated carbocycles. The summed E-state index contributed by atoms with van der Waals surface area (Å²) in [6.07, 6.45) is 5.58. The van der Waals surface area contributed by atoms with E-state index in [-0.39, 0.29) is 11.8 Å². The summed E-state index contributed by atoms with van der Waals surface area (Å²) in [4.78, 5) is 13.6. The fourth-order valence-corrected chi connectivity index (χ4v) is 1.61. The average molecular weight is 206 g/mol. The van der Waals surface area contributed by atoms with Crippen LogP contribution < -0.4 is 5.32 Å². The summed E-state index contributed by atoms with van der Waals surface area (Å²) >= 11 is 0. The van der Waals surface area contributed by atoms with Crippen LogP contribution in [0.2, 0.25) is 0 Å². The van der Waals surface area contributed by atoms with Gasteiger partial charge >= 0.3 is 0 Å². The van der Waals surface area contributed by atoms with Crippen molar-refractivity contribution in [1.82, 2.24) is 10.2 Å². The van der Waals surface area contributed by atoms with Crippen LogP contribution in [0.4, 0.5) is 0 Å². The van der Waals surface area contributed by atoms with Gasteiger partial charge in [0.25, 0.3) is 0 Å². The molecule has 0 spiro atoms. The zero-order valence-corrected chi connectivity index (χ0v) is 9.58. The zero-order chi connectivity index (χ0) is 11.4. The first-order valence-corrected chi connectivity index (χ1v) is 5.12. The van der Waals surface area contributed by atoms with Gasteiger partial charge in [-0.25, -0.2) is 0 Å². The van der Waals surface area contributed by atoms with E-state index < -0.39 is 0 Å². The fourth-order valence-electron chi connectivity index (χ4n) is 1.61. The molecule has 0 fully saturated rings. The molecule has 1 atom stereocenters. The molecular weight excluding hydrogens is 188 g/mol. The van der Waals surface area contributed by atoms with E-state index in [0.717, 1.165) is 11.4 Å². The number of carbonyl (C=O) groups excluding carboxylic acids is 1.